The predicted molar refractivity (Wildman–Crippen MR) is 101 cm³/mol. The smallest absolute Gasteiger partial charge is 0.220 e. The molecule has 4 nitrogen and oxygen atoms in total. The molecule has 0 radical (unpaired) electrons. The number of hydrogen-bond acceptors (Lipinski definition) is 3. The van der Waals surface area contributed by atoms with Gasteiger partial charge in [-0.2, -0.15) is 0 Å². The first-order chi connectivity index (χ1) is 12.0. The van der Waals surface area contributed by atoms with Gasteiger partial charge >= 0.3 is 0 Å². The molecule has 1 N–H and O–H groups in total. The highest BCUT2D eigenvalue weighted by Crippen LogP contribution is 2.29. The third-order valence-electron chi connectivity index (χ3n) is 3.93. The van der Waals surface area contributed by atoms with Crippen molar-refractivity contribution in [1.82, 2.24) is 5.32 Å². The molecule has 6 heteroatoms. The van der Waals surface area contributed by atoms with Crippen LogP contribution in [-0.2, 0) is 11.2 Å². The molecule has 0 aromatic heterocycles. The molecule has 0 saturated carbocycles. The molecular formula is C19H21Cl2NO3. The lowest BCUT2D eigenvalue weighted by Gasteiger charge is -2.18. The molecule has 0 heterocycles. The highest BCUT2D eigenvalue weighted by atomic mass is 35.5. The maximum absolute atomic E-state index is 12.3. The molecular weight excluding hydrogens is 361 g/mol. The van der Waals surface area contributed by atoms with Crippen LogP contribution < -0.4 is 14.8 Å². The molecule has 0 aliphatic rings. The maximum atomic E-state index is 12.3. The van der Waals surface area contributed by atoms with Crippen LogP contribution in [0, 0.1) is 0 Å². The van der Waals surface area contributed by atoms with Gasteiger partial charge in [-0.1, -0.05) is 35.3 Å². The Morgan fingerprint density at radius 2 is 1.92 bits per heavy atom. The molecule has 0 fully saturated rings. The highest BCUT2D eigenvalue weighted by molar-refractivity contribution is 6.42. The summed E-state index contributed by atoms with van der Waals surface area (Å²) in [5.41, 5.74) is 1.71. The molecule has 0 aliphatic carbocycles. The number of carbonyl (C=O) groups excluding carboxylic acids is 1. The Kier molecular flexibility index (Phi) is 6.97. The quantitative estimate of drug-likeness (QED) is 0.747. The predicted octanol–water partition coefficient (Wildman–Crippen LogP) is 4.82. The van der Waals surface area contributed by atoms with E-state index in [2.05, 4.69) is 5.32 Å². The van der Waals surface area contributed by atoms with Crippen molar-refractivity contribution in [3.8, 4) is 11.5 Å². The molecule has 1 atom stereocenters. The van der Waals surface area contributed by atoms with Crippen LogP contribution in [0.2, 0.25) is 10.0 Å². The van der Waals surface area contributed by atoms with E-state index in [1.165, 1.54) is 0 Å². The van der Waals surface area contributed by atoms with Crippen LogP contribution in [0.25, 0.3) is 0 Å². The highest BCUT2D eigenvalue weighted by Gasteiger charge is 2.16. The summed E-state index contributed by atoms with van der Waals surface area (Å²) in [5, 5.41) is 3.97. The summed E-state index contributed by atoms with van der Waals surface area (Å²) in [4.78, 5) is 12.3. The van der Waals surface area contributed by atoms with Crippen molar-refractivity contribution in [1.29, 1.82) is 0 Å². The van der Waals surface area contributed by atoms with E-state index in [0.717, 1.165) is 11.1 Å². The average molecular weight is 382 g/mol. The topological polar surface area (TPSA) is 47.6 Å². The van der Waals surface area contributed by atoms with Gasteiger partial charge in [-0.3, -0.25) is 4.79 Å². The number of halogens is 2. The Balaban J connectivity index is 2.01. The Morgan fingerprint density at radius 1 is 1.16 bits per heavy atom. The van der Waals surface area contributed by atoms with Crippen molar-refractivity contribution < 1.29 is 14.3 Å². The Bertz CT molecular complexity index is 749. The lowest BCUT2D eigenvalue weighted by atomic mass is 10.1. The number of benzene rings is 2. The minimum absolute atomic E-state index is 0.0755. The van der Waals surface area contributed by atoms with Crippen LogP contribution in [-0.4, -0.2) is 20.1 Å². The average Bonchev–Trinajstić information content (AvgIpc) is 2.62. The van der Waals surface area contributed by atoms with E-state index < -0.39 is 0 Å². The Hall–Kier alpha value is -1.91. The number of rotatable bonds is 7. The van der Waals surface area contributed by atoms with Crippen LogP contribution in [0.4, 0.5) is 0 Å². The van der Waals surface area contributed by atoms with Gasteiger partial charge in [0.15, 0.2) is 0 Å². The number of amides is 1. The van der Waals surface area contributed by atoms with Gasteiger partial charge in [0.1, 0.15) is 11.5 Å². The minimum atomic E-state index is -0.215. The van der Waals surface area contributed by atoms with E-state index in [1.807, 2.05) is 37.3 Å². The monoisotopic (exact) mass is 381 g/mol. The maximum Gasteiger partial charge on any atom is 0.220 e. The van der Waals surface area contributed by atoms with Gasteiger partial charge in [-0.15, -0.1) is 0 Å². The standard InChI is InChI=1S/C19H21Cl2NO3/c1-12(15-11-14(24-2)8-9-17(15)25-3)22-18(23)10-7-13-5-4-6-16(20)19(13)21/h4-6,8-9,11-12H,7,10H2,1-3H3,(H,22,23). The van der Waals surface area contributed by atoms with Crippen molar-refractivity contribution in [3.05, 3.63) is 57.6 Å². The molecule has 25 heavy (non-hydrogen) atoms. The van der Waals surface area contributed by atoms with Gasteiger partial charge < -0.3 is 14.8 Å². The fraction of sp³-hybridized carbons (Fsp3) is 0.316. The van der Waals surface area contributed by atoms with Gasteiger partial charge in [0.05, 0.1) is 30.3 Å². The molecule has 1 unspecified atom stereocenters. The fourth-order valence-electron chi connectivity index (χ4n) is 2.56. The normalized spacial score (nSPS) is 11.7. The summed E-state index contributed by atoms with van der Waals surface area (Å²) in [6.45, 7) is 1.90. The molecule has 0 aliphatic heterocycles. The summed E-state index contributed by atoms with van der Waals surface area (Å²) < 4.78 is 10.6. The summed E-state index contributed by atoms with van der Waals surface area (Å²) in [5.74, 6) is 1.34. The lowest BCUT2D eigenvalue weighted by molar-refractivity contribution is -0.121. The zero-order chi connectivity index (χ0) is 18.4. The zero-order valence-electron chi connectivity index (χ0n) is 14.4. The van der Waals surface area contributed by atoms with Crippen molar-refractivity contribution in [2.75, 3.05) is 14.2 Å². The number of hydrogen-bond donors (Lipinski definition) is 1. The number of ether oxygens (including phenoxy) is 2. The third kappa shape index (κ3) is 5.03. The summed E-state index contributed by atoms with van der Waals surface area (Å²) in [6.07, 6.45) is 0.837. The van der Waals surface area contributed by atoms with Crippen LogP contribution in [0.1, 0.15) is 30.5 Å². The Labute approximate surface area is 158 Å². The largest absolute Gasteiger partial charge is 0.497 e. The first-order valence-corrected chi connectivity index (χ1v) is 8.66. The van der Waals surface area contributed by atoms with E-state index in [9.17, 15) is 4.79 Å². The summed E-state index contributed by atoms with van der Waals surface area (Å²) in [7, 11) is 3.20. The molecule has 2 rings (SSSR count). The van der Waals surface area contributed by atoms with Crippen LogP contribution in [0.15, 0.2) is 36.4 Å². The Morgan fingerprint density at radius 3 is 2.60 bits per heavy atom. The molecule has 0 spiro atoms. The molecule has 2 aromatic rings. The molecule has 0 bridgehead atoms. The second-order valence-electron chi connectivity index (χ2n) is 5.61. The minimum Gasteiger partial charge on any atom is -0.497 e. The van der Waals surface area contributed by atoms with Crippen LogP contribution in [0.3, 0.4) is 0 Å². The van der Waals surface area contributed by atoms with Gasteiger partial charge in [0.25, 0.3) is 0 Å². The van der Waals surface area contributed by atoms with Crippen molar-refractivity contribution in [2.45, 2.75) is 25.8 Å². The first-order valence-electron chi connectivity index (χ1n) is 7.90. The number of methoxy groups -OCH3 is 2. The number of nitrogens with one attached hydrogen (secondary N) is 1. The molecule has 134 valence electrons. The second kappa shape index (κ2) is 8.97. The summed E-state index contributed by atoms with van der Waals surface area (Å²) in [6, 6.07) is 10.7. The van der Waals surface area contributed by atoms with E-state index in [1.54, 1.807) is 20.3 Å². The van der Waals surface area contributed by atoms with Gasteiger partial charge in [0.2, 0.25) is 5.91 Å². The van der Waals surface area contributed by atoms with E-state index in [4.69, 9.17) is 32.7 Å². The van der Waals surface area contributed by atoms with E-state index >= 15 is 0 Å². The van der Waals surface area contributed by atoms with Gasteiger partial charge in [-0.05, 0) is 43.2 Å². The van der Waals surface area contributed by atoms with Crippen molar-refractivity contribution >= 4 is 29.1 Å². The SMILES string of the molecule is COc1ccc(OC)c(C(C)NC(=O)CCc2cccc(Cl)c2Cl)c1. The van der Waals surface area contributed by atoms with Crippen LogP contribution >= 0.6 is 23.2 Å². The van der Waals surface area contributed by atoms with Gasteiger partial charge in [0, 0.05) is 12.0 Å². The third-order valence-corrected chi connectivity index (χ3v) is 4.79. The summed E-state index contributed by atoms with van der Waals surface area (Å²) >= 11 is 12.2. The fourth-order valence-corrected chi connectivity index (χ4v) is 2.97. The van der Waals surface area contributed by atoms with E-state index in [-0.39, 0.29) is 11.9 Å². The van der Waals surface area contributed by atoms with Crippen molar-refractivity contribution in [2.24, 2.45) is 0 Å². The molecule has 0 saturated heterocycles. The van der Waals surface area contributed by atoms with Gasteiger partial charge in [-0.25, -0.2) is 0 Å². The first kappa shape index (κ1) is 19.4. The van der Waals surface area contributed by atoms with E-state index in [0.29, 0.717) is 34.4 Å². The number of aryl methyl sites for hydroxylation is 1. The molecule has 2 aromatic carbocycles. The number of carbonyl (C=O) groups is 1. The molecule has 1 amide bonds. The van der Waals surface area contributed by atoms with Crippen LogP contribution in [0.5, 0.6) is 11.5 Å². The second-order valence-corrected chi connectivity index (χ2v) is 6.40. The zero-order valence-corrected chi connectivity index (χ0v) is 15.9. The lowest BCUT2D eigenvalue weighted by Crippen LogP contribution is -2.27. The van der Waals surface area contributed by atoms with Crippen molar-refractivity contribution in [3.63, 3.8) is 0 Å².